The first-order valence-electron chi connectivity index (χ1n) is 6.04. The maximum Gasteiger partial charge on any atom is 0.151 e. The molecule has 3 heterocycles. The lowest BCUT2D eigenvalue weighted by atomic mass is 10.1. The first-order valence-corrected chi connectivity index (χ1v) is 6.04. The molecule has 0 radical (unpaired) electrons. The van der Waals surface area contributed by atoms with Gasteiger partial charge in [0.25, 0.3) is 0 Å². The molecule has 0 amide bonds. The van der Waals surface area contributed by atoms with Crippen molar-refractivity contribution in [3.8, 4) is 0 Å². The third-order valence-corrected chi connectivity index (χ3v) is 3.06. The van der Waals surface area contributed by atoms with Gasteiger partial charge in [0.1, 0.15) is 11.3 Å². The molecule has 0 saturated carbocycles. The minimum atomic E-state index is 0.407. The predicted molar refractivity (Wildman–Crippen MR) is 69.2 cm³/mol. The Balaban J connectivity index is 1.84. The van der Waals surface area contributed by atoms with Gasteiger partial charge in [-0.05, 0) is 18.9 Å². The first-order chi connectivity index (χ1) is 8.83. The molecule has 0 spiro atoms. The van der Waals surface area contributed by atoms with Gasteiger partial charge in [0.05, 0.1) is 11.7 Å². The van der Waals surface area contributed by atoms with Crippen LogP contribution in [0, 0.1) is 0 Å². The van der Waals surface area contributed by atoms with E-state index in [0.29, 0.717) is 17.4 Å². The quantitative estimate of drug-likeness (QED) is 0.826. The maximum absolute atomic E-state index is 5.74. The second-order valence-corrected chi connectivity index (χ2v) is 4.35. The Labute approximate surface area is 105 Å². The number of nitrogen functional groups attached to an aromatic ring is 1. The van der Waals surface area contributed by atoms with Crippen LogP contribution in [0.3, 0.4) is 0 Å². The topological polar surface area (TPSA) is 86.0 Å². The molecule has 0 atom stereocenters. The highest BCUT2D eigenvalue weighted by atomic mass is 16.5. The number of ether oxygens (including phenoxy) is 1. The molecule has 1 aliphatic heterocycles. The highest BCUT2D eigenvalue weighted by molar-refractivity contribution is 5.84. The molecule has 1 saturated heterocycles. The molecule has 3 rings (SSSR count). The summed E-state index contributed by atoms with van der Waals surface area (Å²) < 4.78 is 5.32. The van der Waals surface area contributed by atoms with Crippen molar-refractivity contribution in [3.63, 3.8) is 0 Å². The van der Waals surface area contributed by atoms with Crippen LogP contribution in [0.25, 0.3) is 11.0 Å². The van der Waals surface area contributed by atoms with Crippen molar-refractivity contribution in [3.05, 3.63) is 18.5 Å². The molecule has 6 heteroatoms. The van der Waals surface area contributed by atoms with E-state index in [0.717, 1.165) is 37.4 Å². The lowest BCUT2D eigenvalue weighted by molar-refractivity contribution is 0.0904. The number of pyridine rings is 1. The van der Waals surface area contributed by atoms with Crippen molar-refractivity contribution in [2.24, 2.45) is 0 Å². The summed E-state index contributed by atoms with van der Waals surface area (Å²) in [4.78, 5) is 12.8. The zero-order chi connectivity index (χ0) is 12.4. The van der Waals surface area contributed by atoms with E-state index in [1.807, 2.05) is 6.07 Å². The van der Waals surface area contributed by atoms with Gasteiger partial charge in [-0.15, -0.1) is 0 Å². The summed E-state index contributed by atoms with van der Waals surface area (Å²) in [6, 6.07) is 2.22. The summed E-state index contributed by atoms with van der Waals surface area (Å²) >= 11 is 0. The van der Waals surface area contributed by atoms with E-state index in [-0.39, 0.29) is 0 Å². The van der Waals surface area contributed by atoms with Crippen LogP contribution < -0.4 is 11.1 Å². The van der Waals surface area contributed by atoms with Crippen LogP contribution >= 0.6 is 0 Å². The smallest absolute Gasteiger partial charge is 0.151 e. The van der Waals surface area contributed by atoms with Gasteiger partial charge in [0.2, 0.25) is 0 Å². The fourth-order valence-corrected chi connectivity index (χ4v) is 2.09. The second-order valence-electron chi connectivity index (χ2n) is 4.35. The average Bonchev–Trinajstić information content (AvgIpc) is 2.40. The molecule has 0 aromatic carbocycles. The van der Waals surface area contributed by atoms with Crippen LogP contribution in [0.1, 0.15) is 12.8 Å². The number of hydrogen-bond donors (Lipinski definition) is 2. The van der Waals surface area contributed by atoms with Crippen LogP contribution in [0.2, 0.25) is 0 Å². The average molecular weight is 245 g/mol. The number of fused-ring (bicyclic) bond motifs is 1. The number of anilines is 2. The first kappa shape index (κ1) is 11.2. The van der Waals surface area contributed by atoms with E-state index in [2.05, 4.69) is 20.3 Å². The van der Waals surface area contributed by atoms with Crippen LogP contribution in [0.5, 0.6) is 0 Å². The fourth-order valence-electron chi connectivity index (χ4n) is 2.09. The molecule has 0 unspecified atom stereocenters. The van der Waals surface area contributed by atoms with E-state index in [1.54, 1.807) is 12.4 Å². The number of nitrogens with two attached hydrogens (primary N) is 1. The number of nitrogens with zero attached hydrogens (tertiary/aromatic N) is 3. The van der Waals surface area contributed by atoms with Gasteiger partial charge in [-0.2, -0.15) is 0 Å². The number of nitrogens with one attached hydrogen (secondary N) is 1. The van der Waals surface area contributed by atoms with Gasteiger partial charge in [0, 0.05) is 25.5 Å². The molecular weight excluding hydrogens is 230 g/mol. The molecule has 0 bridgehead atoms. The van der Waals surface area contributed by atoms with Crippen molar-refractivity contribution in [1.82, 2.24) is 15.0 Å². The van der Waals surface area contributed by atoms with Crippen LogP contribution in [-0.2, 0) is 4.74 Å². The fraction of sp³-hybridized carbons (Fsp3) is 0.417. The van der Waals surface area contributed by atoms with E-state index in [4.69, 9.17) is 10.5 Å². The summed E-state index contributed by atoms with van der Waals surface area (Å²) in [6.45, 7) is 1.60. The summed E-state index contributed by atoms with van der Waals surface area (Å²) in [6.07, 6.45) is 5.34. The molecular formula is C12H15N5O. The number of rotatable bonds is 2. The maximum atomic E-state index is 5.74. The van der Waals surface area contributed by atoms with Crippen molar-refractivity contribution in [2.75, 3.05) is 24.3 Å². The lowest BCUT2D eigenvalue weighted by Gasteiger charge is -2.23. The second kappa shape index (κ2) is 4.73. The Morgan fingerprint density at radius 2 is 2.11 bits per heavy atom. The van der Waals surface area contributed by atoms with Crippen LogP contribution in [0.15, 0.2) is 18.5 Å². The van der Waals surface area contributed by atoms with E-state index < -0.39 is 0 Å². The Bertz CT molecular complexity index is 553. The van der Waals surface area contributed by atoms with Crippen LogP contribution in [-0.4, -0.2) is 34.2 Å². The molecule has 0 aliphatic carbocycles. The Morgan fingerprint density at radius 3 is 2.94 bits per heavy atom. The van der Waals surface area contributed by atoms with E-state index in [9.17, 15) is 0 Å². The van der Waals surface area contributed by atoms with Gasteiger partial charge in [-0.1, -0.05) is 0 Å². The van der Waals surface area contributed by atoms with Gasteiger partial charge >= 0.3 is 0 Å². The van der Waals surface area contributed by atoms with Crippen molar-refractivity contribution in [1.29, 1.82) is 0 Å². The highest BCUT2D eigenvalue weighted by Gasteiger charge is 2.14. The van der Waals surface area contributed by atoms with Gasteiger partial charge < -0.3 is 15.8 Å². The Kier molecular flexibility index (Phi) is 2.93. The molecule has 3 N–H and O–H groups in total. The third-order valence-electron chi connectivity index (χ3n) is 3.06. The monoisotopic (exact) mass is 245 g/mol. The summed E-state index contributed by atoms with van der Waals surface area (Å²) in [7, 11) is 0. The van der Waals surface area contributed by atoms with Crippen molar-refractivity contribution < 1.29 is 4.74 Å². The molecule has 1 aliphatic rings. The molecule has 2 aromatic rings. The molecule has 18 heavy (non-hydrogen) atoms. The van der Waals surface area contributed by atoms with Crippen LogP contribution in [0.4, 0.5) is 11.6 Å². The largest absolute Gasteiger partial charge is 0.382 e. The highest BCUT2D eigenvalue weighted by Crippen LogP contribution is 2.18. The van der Waals surface area contributed by atoms with Crippen molar-refractivity contribution >= 4 is 22.7 Å². The van der Waals surface area contributed by atoms with Crippen molar-refractivity contribution in [2.45, 2.75) is 18.9 Å². The van der Waals surface area contributed by atoms with Gasteiger partial charge in [-0.25, -0.2) is 15.0 Å². The van der Waals surface area contributed by atoms with Gasteiger partial charge in [-0.3, -0.25) is 0 Å². The summed E-state index contributed by atoms with van der Waals surface area (Å²) in [5, 5.41) is 3.38. The molecule has 6 nitrogen and oxygen atoms in total. The summed E-state index contributed by atoms with van der Waals surface area (Å²) in [5.41, 5.74) is 7.15. The van der Waals surface area contributed by atoms with E-state index in [1.165, 1.54) is 0 Å². The Hall–Kier alpha value is -1.95. The minimum absolute atomic E-state index is 0.407. The third kappa shape index (κ3) is 2.19. The minimum Gasteiger partial charge on any atom is -0.382 e. The zero-order valence-corrected chi connectivity index (χ0v) is 9.97. The van der Waals surface area contributed by atoms with Gasteiger partial charge in [0.15, 0.2) is 5.82 Å². The normalized spacial score (nSPS) is 16.9. The molecule has 94 valence electrons. The predicted octanol–water partition coefficient (Wildman–Crippen LogP) is 1.20. The molecule has 2 aromatic heterocycles. The number of aromatic nitrogens is 3. The summed E-state index contributed by atoms with van der Waals surface area (Å²) in [5.74, 6) is 1.19. The zero-order valence-electron chi connectivity index (χ0n) is 9.97. The standard InChI is InChI=1S/C12H15N5O/c13-12-11-9(1-4-14-12)17-10(7-15-11)16-8-2-5-18-6-3-8/h1,4,7-8H,2-3,5-6H2,(H2,13,14)(H,16,17). The molecule has 1 fully saturated rings. The lowest BCUT2D eigenvalue weighted by Crippen LogP contribution is -2.28. The Morgan fingerprint density at radius 1 is 1.28 bits per heavy atom. The number of hydrogen-bond acceptors (Lipinski definition) is 6. The van der Waals surface area contributed by atoms with E-state index >= 15 is 0 Å². The SMILES string of the molecule is Nc1nccc2nc(NC3CCOCC3)cnc12.